The Morgan fingerprint density at radius 2 is 2.12 bits per heavy atom. The van der Waals surface area contributed by atoms with Gasteiger partial charge in [0.05, 0.1) is 13.7 Å². The van der Waals surface area contributed by atoms with Crippen LogP contribution in [-0.2, 0) is 11.3 Å². The predicted molar refractivity (Wildman–Crippen MR) is 95.1 cm³/mol. The van der Waals surface area contributed by atoms with Gasteiger partial charge in [-0.3, -0.25) is 4.79 Å². The highest BCUT2D eigenvalue weighted by Crippen LogP contribution is 2.29. The summed E-state index contributed by atoms with van der Waals surface area (Å²) in [5.41, 5.74) is 6.87. The summed E-state index contributed by atoms with van der Waals surface area (Å²) < 4.78 is 11.2. The summed E-state index contributed by atoms with van der Waals surface area (Å²) in [6, 6.07) is 5.97. The van der Waals surface area contributed by atoms with E-state index in [1.54, 1.807) is 7.11 Å². The van der Waals surface area contributed by atoms with Crippen LogP contribution >= 0.6 is 0 Å². The molecule has 5 heteroatoms. The van der Waals surface area contributed by atoms with Crippen LogP contribution < -0.4 is 20.5 Å². The van der Waals surface area contributed by atoms with Crippen LogP contribution in [0.3, 0.4) is 0 Å². The quantitative estimate of drug-likeness (QED) is 0.767. The number of hydrogen-bond donors (Lipinski definition) is 2. The Hall–Kier alpha value is -1.75. The van der Waals surface area contributed by atoms with Crippen molar-refractivity contribution >= 4 is 5.91 Å². The van der Waals surface area contributed by atoms with Crippen LogP contribution in [0.2, 0.25) is 0 Å². The Bertz CT molecular complexity index is 545. The van der Waals surface area contributed by atoms with Crippen LogP contribution in [0.4, 0.5) is 0 Å². The lowest BCUT2D eigenvalue weighted by Gasteiger charge is -2.14. The van der Waals surface area contributed by atoms with Gasteiger partial charge in [-0.05, 0) is 49.3 Å². The largest absolute Gasteiger partial charge is 0.493 e. The molecular formula is C19H30N2O3. The van der Waals surface area contributed by atoms with Crippen molar-refractivity contribution in [2.75, 3.05) is 13.7 Å². The third-order valence-corrected chi connectivity index (χ3v) is 4.49. The lowest BCUT2D eigenvalue weighted by Crippen LogP contribution is -2.30. The number of carbonyl (C=O) groups is 1. The number of nitrogens with two attached hydrogens (primary N) is 1. The van der Waals surface area contributed by atoms with Gasteiger partial charge in [0.15, 0.2) is 11.5 Å². The zero-order valence-corrected chi connectivity index (χ0v) is 15.0. The van der Waals surface area contributed by atoms with Crippen LogP contribution in [0.1, 0.15) is 45.1 Å². The summed E-state index contributed by atoms with van der Waals surface area (Å²) in [6.45, 7) is 5.51. The van der Waals surface area contributed by atoms with Gasteiger partial charge in [-0.25, -0.2) is 0 Å². The van der Waals surface area contributed by atoms with Gasteiger partial charge in [0.1, 0.15) is 0 Å². The van der Waals surface area contributed by atoms with Crippen molar-refractivity contribution in [3.63, 3.8) is 0 Å². The number of carbonyl (C=O) groups excluding carboxylic acids is 1. The predicted octanol–water partition coefficient (Wildman–Crippen LogP) is 2.86. The molecule has 134 valence electrons. The minimum Gasteiger partial charge on any atom is -0.493 e. The first-order valence-electron chi connectivity index (χ1n) is 8.82. The first-order valence-corrected chi connectivity index (χ1v) is 8.82. The highest BCUT2D eigenvalue weighted by molar-refractivity contribution is 5.79. The number of hydrogen-bond acceptors (Lipinski definition) is 4. The topological polar surface area (TPSA) is 73.6 Å². The van der Waals surface area contributed by atoms with Crippen LogP contribution in [0, 0.1) is 11.8 Å². The van der Waals surface area contributed by atoms with Gasteiger partial charge in [-0.15, -0.1) is 0 Å². The van der Waals surface area contributed by atoms with Crippen LogP contribution in [0.25, 0.3) is 0 Å². The maximum atomic E-state index is 12.2. The Balaban J connectivity index is 1.88. The van der Waals surface area contributed by atoms with E-state index in [0.29, 0.717) is 24.8 Å². The van der Waals surface area contributed by atoms with Gasteiger partial charge in [0, 0.05) is 18.5 Å². The van der Waals surface area contributed by atoms with E-state index < -0.39 is 0 Å². The van der Waals surface area contributed by atoms with Gasteiger partial charge >= 0.3 is 0 Å². The number of nitrogens with one attached hydrogen (secondary N) is 1. The molecule has 1 aliphatic rings. The second-order valence-corrected chi connectivity index (χ2v) is 7.00. The number of amides is 1. The van der Waals surface area contributed by atoms with Crippen molar-refractivity contribution in [2.45, 2.75) is 52.1 Å². The van der Waals surface area contributed by atoms with Crippen molar-refractivity contribution in [3.8, 4) is 11.5 Å². The zero-order chi connectivity index (χ0) is 17.5. The molecule has 3 N–H and O–H groups in total. The second kappa shape index (κ2) is 8.92. The van der Waals surface area contributed by atoms with Crippen LogP contribution in [0.15, 0.2) is 18.2 Å². The number of ether oxygens (including phenoxy) is 2. The molecule has 1 aromatic carbocycles. The van der Waals surface area contributed by atoms with E-state index in [-0.39, 0.29) is 17.9 Å². The molecule has 2 unspecified atom stereocenters. The minimum absolute atomic E-state index is 0.0561. The highest BCUT2D eigenvalue weighted by Gasteiger charge is 2.27. The number of benzene rings is 1. The highest BCUT2D eigenvalue weighted by atomic mass is 16.5. The molecule has 1 amide bonds. The SMILES string of the molecule is COc1cc(CNC(=O)C2CCC(N)C2)ccc1OCCC(C)C. The Kier molecular flexibility index (Phi) is 6.91. The third kappa shape index (κ3) is 5.41. The summed E-state index contributed by atoms with van der Waals surface area (Å²) in [5.74, 6) is 2.21. The van der Waals surface area contributed by atoms with Gasteiger partial charge in [-0.2, -0.15) is 0 Å². The van der Waals surface area contributed by atoms with Crippen molar-refractivity contribution in [2.24, 2.45) is 17.6 Å². The molecule has 0 heterocycles. The molecule has 0 radical (unpaired) electrons. The second-order valence-electron chi connectivity index (χ2n) is 7.00. The van der Waals surface area contributed by atoms with E-state index in [1.807, 2.05) is 18.2 Å². The third-order valence-electron chi connectivity index (χ3n) is 4.49. The maximum absolute atomic E-state index is 12.2. The summed E-state index contributed by atoms with van der Waals surface area (Å²) in [4.78, 5) is 12.2. The molecule has 0 bridgehead atoms. The average Bonchev–Trinajstić information content (AvgIpc) is 2.99. The summed E-state index contributed by atoms with van der Waals surface area (Å²) >= 11 is 0. The zero-order valence-electron chi connectivity index (χ0n) is 15.0. The molecule has 0 saturated heterocycles. The molecule has 5 nitrogen and oxygen atoms in total. The molecule has 2 atom stereocenters. The monoisotopic (exact) mass is 334 g/mol. The summed E-state index contributed by atoms with van der Waals surface area (Å²) in [5, 5.41) is 3.00. The molecule has 0 aromatic heterocycles. The standard InChI is InChI=1S/C19H30N2O3/c1-13(2)8-9-24-17-7-4-14(10-18(17)23-3)12-21-19(22)15-5-6-16(20)11-15/h4,7,10,13,15-16H,5-6,8-9,11-12,20H2,1-3H3,(H,21,22). The fourth-order valence-electron chi connectivity index (χ4n) is 2.93. The molecule has 1 aliphatic carbocycles. The number of rotatable bonds is 8. The van der Waals surface area contributed by atoms with Gasteiger partial charge < -0.3 is 20.5 Å². The van der Waals surface area contributed by atoms with E-state index in [4.69, 9.17) is 15.2 Å². The fraction of sp³-hybridized carbons (Fsp3) is 0.632. The average molecular weight is 334 g/mol. The first-order chi connectivity index (χ1) is 11.5. The molecule has 0 spiro atoms. The lowest BCUT2D eigenvalue weighted by molar-refractivity contribution is -0.125. The Labute approximate surface area is 144 Å². The van der Waals surface area contributed by atoms with E-state index in [9.17, 15) is 4.79 Å². The molecule has 1 fully saturated rings. The molecular weight excluding hydrogens is 304 g/mol. The first kappa shape index (κ1) is 18.6. The van der Waals surface area contributed by atoms with Crippen LogP contribution in [-0.4, -0.2) is 25.7 Å². The Morgan fingerprint density at radius 3 is 2.75 bits per heavy atom. The van der Waals surface area contributed by atoms with E-state index in [2.05, 4.69) is 19.2 Å². The number of methoxy groups -OCH3 is 1. The summed E-state index contributed by atoms with van der Waals surface area (Å²) in [7, 11) is 1.63. The van der Waals surface area contributed by atoms with Crippen molar-refractivity contribution < 1.29 is 14.3 Å². The van der Waals surface area contributed by atoms with E-state index in [1.165, 1.54) is 0 Å². The molecule has 24 heavy (non-hydrogen) atoms. The normalized spacial score (nSPS) is 20.2. The Morgan fingerprint density at radius 1 is 1.33 bits per heavy atom. The van der Waals surface area contributed by atoms with Crippen LogP contribution in [0.5, 0.6) is 11.5 Å². The maximum Gasteiger partial charge on any atom is 0.223 e. The van der Waals surface area contributed by atoms with E-state index >= 15 is 0 Å². The van der Waals surface area contributed by atoms with Gasteiger partial charge in [-0.1, -0.05) is 19.9 Å². The molecule has 1 aromatic rings. The molecule has 1 saturated carbocycles. The summed E-state index contributed by atoms with van der Waals surface area (Å²) in [6.07, 6.45) is 3.62. The fourth-order valence-corrected chi connectivity index (χ4v) is 2.93. The van der Waals surface area contributed by atoms with Crippen molar-refractivity contribution in [3.05, 3.63) is 23.8 Å². The smallest absolute Gasteiger partial charge is 0.223 e. The van der Waals surface area contributed by atoms with Gasteiger partial charge in [0.25, 0.3) is 0 Å². The molecule has 2 rings (SSSR count). The lowest BCUT2D eigenvalue weighted by atomic mass is 10.1. The minimum atomic E-state index is 0.0561. The van der Waals surface area contributed by atoms with Crippen molar-refractivity contribution in [1.82, 2.24) is 5.32 Å². The molecule has 0 aliphatic heterocycles. The van der Waals surface area contributed by atoms with E-state index in [0.717, 1.165) is 37.0 Å². The van der Waals surface area contributed by atoms with Gasteiger partial charge in [0.2, 0.25) is 5.91 Å². The van der Waals surface area contributed by atoms with Crippen molar-refractivity contribution in [1.29, 1.82) is 0 Å².